The standard InChI is InChI=1S/C19H24N4O/c1-13-6-4-5-9-23(13)14-11-22(12-14)18-10-16(19(20)24)15-7-2-3-8-17(15)21-18/h2-3,7-8,10,13-14H,4-6,9,11-12H2,1H3,(H2,20,24). The Morgan fingerprint density at radius 2 is 2.04 bits per heavy atom. The number of carbonyl (C=O) groups is 1. The lowest BCUT2D eigenvalue weighted by atomic mass is 9.97. The number of aromatic nitrogens is 1. The highest BCUT2D eigenvalue weighted by atomic mass is 16.1. The van der Waals surface area contributed by atoms with Gasteiger partial charge in [-0.1, -0.05) is 24.6 Å². The number of fused-ring (bicyclic) bond motifs is 1. The van der Waals surface area contributed by atoms with Crippen LogP contribution >= 0.6 is 0 Å². The Bertz CT molecular complexity index is 769. The van der Waals surface area contributed by atoms with Gasteiger partial charge in [-0.05, 0) is 38.4 Å². The van der Waals surface area contributed by atoms with E-state index in [1.807, 2.05) is 30.3 Å². The third-order valence-corrected chi connectivity index (χ3v) is 5.48. The molecule has 2 fully saturated rings. The van der Waals surface area contributed by atoms with Gasteiger partial charge in [0.1, 0.15) is 5.82 Å². The lowest BCUT2D eigenvalue weighted by molar-refractivity contribution is 0.0873. The molecule has 2 saturated heterocycles. The SMILES string of the molecule is CC1CCCCN1C1CN(c2cc(C(N)=O)c3ccccc3n2)C1. The monoisotopic (exact) mass is 324 g/mol. The normalized spacial score (nSPS) is 22.5. The Labute approximate surface area is 142 Å². The molecule has 5 nitrogen and oxygen atoms in total. The number of pyridine rings is 1. The number of piperidine rings is 1. The first-order chi connectivity index (χ1) is 11.6. The molecule has 1 atom stereocenters. The number of amides is 1. The molecule has 1 aromatic carbocycles. The maximum Gasteiger partial charge on any atom is 0.249 e. The predicted octanol–water partition coefficient (Wildman–Crippen LogP) is 2.40. The van der Waals surface area contributed by atoms with Crippen LogP contribution in [0.4, 0.5) is 5.82 Å². The number of para-hydroxylation sites is 1. The Kier molecular flexibility index (Phi) is 3.88. The van der Waals surface area contributed by atoms with Gasteiger partial charge in [-0.15, -0.1) is 0 Å². The highest BCUT2D eigenvalue weighted by Gasteiger charge is 2.36. The molecule has 2 N–H and O–H groups in total. The maximum atomic E-state index is 11.8. The molecule has 1 aromatic heterocycles. The summed E-state index contributed by atoms with van der Waals surface area (Å²) < 4.78 is 0. The summed E-state index contributed by atoms with van der Waals surface area (Å²) in [6.45, 7) is 5.50. The second-order valence-electron chi connectivity index (χ2n) is 7.05. The average molecular weight is 324 g/mol. The second kappa shape index (κ2) is 6.06. The van der Waals surface area contributed by atoms with Crippen molar-refractivity contribution in [2.75, 3.05) is 24.5 Å². The van der Waals surface area contributed by atoms with E-state index in [4.69, 9.17) is 10.7 Å². The van der Waals surface area contributed by atoms with E-state index in [2.05, 4.69) is 16.7 Å². The molecule has 0 radical (unpaired) electrons. The van der Waals surface area contributed by atoms with Crippen LogP contribution in [0.1, 0.15) is 36.5 Å². The van der Waals surface area contributed by atoms with Gasteiger partial charge in [-0.25, -0.2) is 4.98 Å². The molecule has 0 saturated carbocycles. The molecule has 5 heteroatoms. The van der Waals surface area contributed by atoms with Gasteiger partial charge >= 0.3 is 0 Å². The van der Waals surface area contributed by atoms with Crippen molar-refractivity contribution in [3.8, 4) is 0 Å². The molecule has 2 aliphatic heterocycles. The van der Waals surface area contributed by atoms with E-state index in [1.165, 1.54) is 25.8 Å². The van der Waals surface area contributed by atoms with Crippen molar-refractivity contribution in [1.29, 1.82) is 0 Å². The van der Waals surface area contributed by atoms with E-state index in [0.29, 0.717) is 17.6 Å². The number of hydrogen-bond donors (Lipinski definition) is 1. The van der Waals surface area contributed by atoms with Crippen LogP contribution in [0.2, 0.25) is 0 Å². The molecular formula is C19H24N4O. The number of nitrogens with two attached hydrogens (primary N) is 1. The zero-order valence-corrected chi connectivity index (χ0v) is 14.1. The zero-order chi connectivity index (χ0) is 16.7. The van der Waals surface area contributed by atoms with Crippen molar-refractivity contribution in [2.24, 2.45) is 5.73 Å². The molecule has 24 heavy (non-hydrogen) atoms. The van der Waals surface area contributed by atoms with Crippen LogP contribution < -0.4 is 10.6 Å². The van der Waals surface area contributed by atoms with Crippen molar-refractivity contribution in [1.82, 2.24) is 9.88 Å². The van der Waals surface area contributed by atoms with Crippen LogP contribution in [0.15, 0.2) is 30.3 Å². The highest BCUT2D eigenvalue weighted by molar-refractivity contribution is 6.06. The predicted molar refractivity (Wildman–Crippen MR) is 96.3 cm³/mol. The van der Waals surface area contributed by atoms with Crippen molar-refractivity contribution >= 4 is 22.6 Å². The topological polar surface area (TPSA) is 62.5 Å². The van der Waals surface area contributed by atoms with Gasteiger partial charge in [0.25, 0.3) is 0 Å². The summed E-state index contributed by atoms with van der Waals surface area (Å²) in [6, 6.07) is 10.8. The molecule has 1 amide bonds. The molecule has 4 rings (SSSR count). The highest BCUT2D eigenvalue weighted by Crippen LogP contribution is 2.29. The van der Waals surface area contributed by atoms with E-state index >= 15 is 0 Å². The van der Waals surface area contributed by atoms with Crippen molar-refractivity contribution < 1.29 is 4.79 Å². The summed E-state index contributed by atoms with van der Waals surface area (Å²) in [5.41, 5.74) is 6.97. The van der Waals surface area contributed by atoms with E-state index in [1.54, 1.807) is 0 Å². The van der Waals surface area contributed by atoms with E-state index < -0.39 is 5.91 Å². The van der Waals surface area contributed by atoms with Gasteiger partial charge in [0.2, 0.25) is 5.91 Å². The van der Waals surface area contributed by atoms with Crippen molar-refractivity contribution in [2.45, 2.75) is 38.3 Å². The van der Waals surface area contributed by atoms with Crippen molar-refractivity contribution in [3.63, 3.8) is 0 Å². The molecule has 126 valence electrons. The summed E-state index contributed by atoms with van der Waals surface area (Å²) >= 11 is 0. The lowest BCUT2D eigenvalue weighted by Crippen LogP contribution is -2.62. The summed E-state index contributed by atoms with van der Waals surface area (Å²) in [4.78, 5) is 21.4. The molecule has 3 heterocycles. The van der Waals surface area contributed by atoms with Crippen LogP contribution in [-0.4, -0.2) is 47.5 Å². The van der Waals surface area contributed by atoms with Crippen LogP contribution in [0.25, 0.3) is 10.9 Å². The number of carbonyl (C=O) groups excluding carboxylic acids is 1. The van der Waals surface area contributed by atoms with Crippen molar-refractivity contribution in [3.05, 3.63) is 35.9 Å². The molecule has 0 aliphatic carbocycles. The fourth-order valence-corrected chi connectivity index (χ4v) is 4.04. The third kappa shape index (κ3) is 2.63. The van der Waals surface area contributed by atoms with E-state index in [9.17, 15) is 4.79 Å². The largest absolute Gasteiger partial charge is 0.366 e. The molecule has 2 aromatic rings. The fourth-order valence-electron chi connectivity index (χ4n) is 4.04. The average Bonchev–Trinajstić information content (AvgIpc) is 2.54. The van der Waals surface area contributed by atoms with Gasteiger partial charge in [0, 0.05) is 30.6 Å². The number of rotatable bonds is 3. The summed E-state index contributed by atoms with van der Waals surface area (Å²) in [5.74, 6) is 0.472. The Balaban J connectivity index is 1.56. The minimum Gasteiger partial charge on any atom is -0.366 e. The molecule has 1 unspecified atom stereocenters. The number of anilines is 1. The summed E-state index contributed by atoms with van der Waals surface area (Å²) in [7, 11) is 0. The quantitative estimate of drug-likeness (QED) is 0.942. The molecular weight excluding hydrogens is 300 g/mol. The Hall–Kier alpha value is -2.14. The third-order valence-electron chi connectivity index (χ3n) is 5.48. The summed E-state index contributed by atoms with van der Waals surface area (Å²) in [6.07, 6.45) is 3.96. The molecule has 2 aliphatic rings. The molecule has 0 spiro atoms. The second-order valence-corrected chi connectivity index (χ2v) is 7.05. The minimum atomic E-state index is -0.392. The first-order valence-corrected chi connectivity index (χ1v) is 8.84. The van der Waals surface area contributed by atoms with Gasteiger partial charge in [-0.3, -0.25) is 9.69 Å². The first kappa shape index (κ1) is 15.4. The Morgan fingerprint density at radius 1 is 1.25 bits per heavy atom. The van der Waals surface area contributed by atoms with Gasteiger partial charge in [-0.2, -0.15) is 0 Å². The lowest BCUT2D eigenvalue weighted by Gasteiger charge is -2.49. The zero-order valence-electron chi connectivity index (χ0n) is 14.1. The fraction of sp³-hybridized carbons (Fsp3) is 0.474. The van der Waals surface area contributed by atoms with Crippen LogP contribution in [-0.2, 0) is 0 Å². The minimum absolute atomic E-state index is 0.392. The van der Waals surface area contributed by atoms with E-state index in [-0.39, 0.29) is 0 Å². The Morgan fingerprint density at radius 3 is 2.79 bits per heavy atom. The van der Waals surface area contributed by atoms with Crippen LogP contribution in [0, 0.1) is 0 Å². The smallest absolute Gasteiger partial charge is 0.249 e. The van der Waals surface area contributed by atoms with E-state index in [0.717, 1.165) is 29.8 Å². The summed E-state index contributed by atoms with van der Waals surface area (Å²) in [5, 5.41) is 0.829. The van der Waals surface area contributed by atoms with Gasteiger partial charge < -0.3 is 10.6 Å². The number of hydrogen-bond acceptors (Lipinski definition) is 4. The first-order valence-electron chi connectivity index (χ1n) is 8.84. The van der Waals surface area contributed by atoms with Crippen LogP contribution in [0.3, 0.4) is 0 Å². The van der Waals surface area contributed by atoms with Gasteiger partial charge in [0.05, 0.1) is 11.1 Å². The number of nitrogens with zero attached hydrogens (tertiary/aromatic N) is 3. The van der Waals surface area contributed by atoms with Crippen LogP contribution in [0.5, 0.6) is 0 Å². The number of benzene rings is 1. The molecule has 0 bridgehead atoms. The maximum absolute atomic E-state index is 11.8. The number of primary amides is 1. The number of likely N-dealkylation sites (tertiary alicyclic amines) is 1. The van der Waals surface area contributed by atoms with Gasteiger partial charge in [0.15, 0.2) is 0 Å².